The predicted octanol–water partition coefficient (Wildman–Crippen LogP) is 0.853. The summed E-state index contributed by atoms with van der Waals surface area (Å²) in [6.45, 7) is 2.11. The first-order valence-electron chi connectivity index (χ1n) is 6.09. The second-order valence-corrected chi connectivity index (χ2v) is 5.60. The van der Waals surface area contributed by atoms with Crippen molar-refractivity contribution in [3.63, 3.8) is 0 Å². The number of aliphatic hydroxyl groups is 1. The third-order valence-corrected chi connectivity index (χ3v) is 3.76. The minimum absolute atomic E-state index is 0.0297. The van der Waals surface area contributed by atoms with Gasteiger partial charge in [0.05, 0.1) is 24.0 Å². The van der Waals surface area contributed by atoms with Gasteiger partial charge < -0.3 is 5.11 Å². The molecule has 0 amide bonds. The molecule has 1 aliphatic heterocycles. The zero-order valence-corrected chi connectivity index (χ0v) is 11.8. The smallest absolute Gasteiger partial charge is 0.0935 e. The first-order valence-corrected chi connectivity index (χ1v) is 6.88. The van der Waals surface area contributed by atoms with E-state index in [0.29, 0.717) is 6.54 Å². The Labute approximate surface area is 119 Å². The van der Waals surface area contributed by atoms with Crippen LogP contribution in [0.4, 0.5) is 0 Å². The molecule has 2 atom stereocenters. The topological polar surface area (TPSA) is 67.1 Å². The van der Waals surface area contributed by atoms with E-state index in [1.165, 1.54) is 0 Å². The van der Waals surface area contributed by atoms with Crippen molar-refractivity contribution in [1.29, 1.82) is 0 Å². The minimum Gasteiger partial charge on any atom is -0.390 e. The zero-order valence-electron chi connectivity index (χ0n) is 10.2. The van der Waals surface area contributed by atoms with Crippen molar-refractivity contribution in [1.82, 2.24) is 24.9 Å². The standard InChI is InChI=1S/C12H14BrN5O/c13-9-1-2-10(14-5-9)6-17-7-11(12(19)8-17)18-4-3-15-16-18/h1-5,11-12,19H,6-8H2/t11-,12-/m1/s1. The predicted molar refractivity (Wildman–Crippen MR) is 72.3 cm³/mol. The van der Waals surface area contributed by atoms with Crippen LogP contribution in [0.25, 0.3) is 0 Å². The van der Waals surface area contributed by atoms with Crippen molar-refractivity contribution in [3.05, 3.63) is 40.9 Å². The summed E-state index contributed by atoms with van der Waals surface area (Å²) in [4.78, 5) is 6.52. The second-order valence-electron chi connectivity index (χ2n) is 4.68. The second kappa shape index (κ2) is 5.36. The normalized spacial score (nSPS) is 23.9. The van der Waals surface area contributed by atoms with Crippen LogP contribution < -0.4 is 0 Å². The Bertz CT molecular complexity index is 530. The highest BCUT2D eigenvalue weighted by Gasteiger charge is 2.33. The Balaban J connectivity index is 1.66. The van der Waals surface area contributed by atoms with Crippen molar-refractivity contribution >= 4 is 15.9 Å². The number of β-amino-alcohol motifs (C(OH)–C–C–N with tert-alkyl or cyclic N) is 1. The van der Waals surface area contributed by atoms with Gasteiger partial charge in [-0.1, -0.05) is 5.21 Å². The highest BCUT2D eigenvalue weighted by molar-refractivity contribution is 9.10. The molecule has 6 nitrogen and oxygen atoms in total. The summed E-state index contributed by atoms with van der Waals surface area (Å²) in [7, 11) is 0. The molecule has 0 saturated carbocycles. The average molecular weight is 324 g/mol. The number of aromatic nitrogens is 4. The van der Waals surface area contributed by atoms with E-state index < -0.39 is 6.10 Å². The largest absolute Gasteiger partial charge is 0.390 e. The third-order valence-electron chi connectivity index (χ3n) is 3.29. The molecule has 1 aliphatic rings. The van der Waals surface area contributed by atoms with Gasteiger partial charge in [0.2, 0.25) is 0 Å². The summed E-state index contributed by atoms with van der Waals surface area (Å²) < 4.78 is 2.69. The number of nitrogens with zero attached hydrogens (tertiary/aromatic N) is 5. The van der Waals surface area contributed by atoms with Crippen LogP contribution in [0.15, 0.2) is 35.2 Å². The molecule has 1 saturated heterocycles. The van der Waals surface area contributed by atoms with Crippen LogP contribution in [0.3, 0.4) is 0 Å². The number of halogens is 1. The average Bonchev–Trinajstić information content (AvgIpc) is 3.01. The van der Waals surface area contributed by atoms with Gasteiger partial charge in [-0.3, -0.25) is 9.88 Å². The summed E-state index contributed by atoms with van der Waals surface area (Å²) in [5.74, 6) is 0. The fraction of sp³-hybridized carbons (Fsp3) is 0.417. The van der Waals surface area contributed by atoms with E-state index in [9.17, 15) is 5.11 Å². The van der Waals surface area contributed by atoms with E-state index in [0.717, 1.165) is 23.3 Å². The minimum atomic E-state index is -0.419. The van der Waals surface area contributed by atoms with Gasteiger partial charge in [0.25, 0.3) is 0 Å². The molecular weight excluding hydrogens is 310 g/mol. The van der Waals surface area contributed by atoms with Gasteiger partial charge in [-0.15, -0.1) is 5.10 Å². The van der Waals surface area contributed by atoms with Crippen LogP contribution in [-0.2, 0) is 6.54 Å². The summed E-state index contributed by atoms with van der Waals surface area (Å²) in [5.41, 5.74) is 0.995. The molecule has 7 heteroatoms. The maximum atomic E-state index is 10.1. The van der Waals surface area contributed by atoms with Crippen LogP contribution in [0, 0.1) is 0 Å². The lowest BCUT2D eigenvalue weighted by molar-refractivity contribution is 0.138. The molecule has 1 fully saturated rings. The summed E-state index contributed by atoms with van der Waals surface area (Å²) in [5, 5.41) is 17.8. The molecule has 0 aliphatic carbocycles. The van der Waals surface area contributed by atoms with Crippen LogP contribution in [0.1, 0.15) is 11.7 Å². The monoisotopic (exact) mass is 323 g/mol. The lowest BCUT2D eigenvalue weighted by Crippen LogP contribution is -2.22. The molecule has 0 unspecified atom stereocenters. The van der Waals surface area contributed by atoms with E-state index in [4.69, 9.17) is 0 Å². The van der Waals surface area contributed by atoms with Crippen molar-refractivity contribution < 1.29 is 5.11 Å². The molecule has 3 heterocycles. The molecule has 2 aromatic rings. The highest BCUT2D eigenvalue weighted by Crippen LogP contribution is 2.22. The van der Waals surface area contributed by atoms with Crippen LogP contribution in [-0.4, -0.2) is 49.2 Å². The maximum Gasteiger partial charge on any atom is 0.0935 e. The van der Waals surface area contributed by atoms with E-state index in [2.05, 4.69) is 36.1 Å². The lowest BCUT2D eigenvalue weighted by Gasteiger charge is -2.14. The van der Waals surface area contributed by atoms with E-state index in [-0.39, 0.29) is 6.04 Å². The number of aliphatic hydroxyl groups excluding tert-OH is 1. The molecule has 100 valence electrons. The number of pyridine rings is 1. The van der Waals surface area contributed by atoms with E-state index in [1.54, 1.807) is 23.3 Å². The Morgan fingerprint density at radius 2 is 2.26 bits per heavy atom. The summed E-state index contributed by atoms with van der Waals surface area (Å²) in [6, 6.07) is 3.93. The first kappa shape index (κ1) is 12.7. The van der Waals surface area contributed by atoms with E-state index >= 15 is 0 Å². The third kappa shape index (κ3) is 2.83. The fourth-order valence-corrected chi connectivity index (χ4v) is 2.59. The Morgan fingerprint density at radius 1 is 1.37 bits per heavy atom. The number of likely N-dealkylation sites (tertiary alicyclic amines) is 1. The van der Waals surface area contributed by atoms with Gasteiger partial charge in [0.1, 0.15) is 0 Å². The molecular formula is C12H14BrN5O. The fourth-order valence-electron chi connectivity index (χ4n) is 2.36. The number of rotatable bonds is 3. The molecule has 19 heavy (non-hydrogen) atoms. The van der Waals surface area contributed by atoms with Crippen molar-refractivity contribution in [2.24, 2.45) is 0 Å². The highest BCUT2D eigenvalue weighted by atomic mass is 79.9. The molecule has 1 N–H and O–H groups in total. The van der Waals surface area contributed by atoms with Crippen molar-refractivity contribution in [2.75, 3.05) is 13.1 Å². The van der Waals surface area contributed by atoms with E-state index in [1.807, 2.05) is 12.1 Å². The molecule has 0 spiro atoms. The van der Waals surface area contributed by atoms with Gasteiger partial charge in [-0.25, -0.2) is 4.68 Å². The van der Waals surface area contributed by atoms with Gasteiger partial charge >= 0.3 is 0 Å². The summed E-state index contributed by atoms with van der Waals surface area (Å²) >= 11 is 3.37. The first-order chi connectivity index (χ1) is 9.22. The Kier molecular flexibility index (Phi) is 3.58. The summed E-state index contributed by atoms with van der Waals surface area (Å²) in [6.07, 6.45) is 4.79. The Hall–Kier alpha value is -1.31. The molecule has 0 bridgehead atoms. The lowest BCUT2D eigenvalue weighted by atomic mass is 10.2. The van der Waals surface area contributed by atoms with Crippen LogP contribution >= 0.6 is 15.9 Å². The van der Waals surface area contributed by atoms with Crippen molar-refractivity contribution in [3.8, 4) is 0 Å². The van der Waals surface area contributed by atoms with Gasteiger partial charge in [-0.2, -0.15) is 0 Å². The number of hydrogen-bond acceptors (Lipinski definition) is 5. The SMILES string of the molecule is O[C@@H]1CN(Cc2ccc(Br)cn2)C[C@H]1n1ccnn1. The zero-order chi connectivity index (χ0) is 13.2. The number of hydrogen-bond donors (Lipinski definition) is 1. The Morgan fingerprint density at radius 3 is 2.95 bits per heavy atom. The quantitative estimate of drug-likeness (QED) is 0.907. The van der Waals surface area contributed by atoms with Gasteiger partial charge in [-0.05, 0) is 28.1 Å². The van der Waals surface area contributed by atoms with Crippen LogP contribution in [0.2, 0.25) is 0 Å². The molecule has 3 rings (SSSR count). The van der Waals surface area contributed by atoms with Gasteiger partial charge in [0.15, 0.2) is 0 Å². The van der Waals surface area contributed by atoms with Gasteiger partial charge in [0, 0.05) is 36.5 Å². The molecule has 2 aromatic heterocycles. The molecule has 0 radical (unpaired) electrons. The molecule has 0 aromatic carbocycles. The van der Waals surface area contributed by atoms with Crippen LogP contribution in [0.5, 0.6) is 0 Å². The maximum absolute atomic E-state index is 10.1. The van der Waals surface area contributed by atoms with Crippen molar-refractivity contribution in [2.45, 2.75) is 18.7 Å².